The molecule has 0 aliphatic heterocycles. The lowest BCUT2D eigenvalue weighted by Crippen LogP contribution is -2.33. The summed E-state index contributed by atoms with van der Waals surface area (Å²) in [4.78, 5) is 23.8. The van der Waals surface area contributed by atoms with Crippen molar-refractivity contribution in [3.63, 3.8) is 0 Å². The Balaban J connectivity index is 2.05. The van der Waals surface area contributed by atoms with E-state index in [9.17, 15) is 9.59 Å². The highest BCUT2D eigenvalue weighted by Gasteiger charge is 2.18. The summed E-state index contributed by atoms with van der Waals surface area (Å²) in [6.07, 6.45) is 0.216. The van der Waals surface area contributed by atoms with Crippen LogP contribution >= 0.6 is 11.6 Å². The molecule has 108 valence electrons. The first-order valence-electron chi connectivity index (χ1n) is 6.65. The van der Waals surface area contributed by atoms with Crippen molar-refractivity contribution in [3.05, 3.63) is 70.7 Å². The maximum atomic E-state index is 12.1. The Morgan fingerprint density at radius 1 is 1.05 bits per heavy atom. The van der Waals surface area contributed by atoms with Gasteiger partial charge in [0.15, 0.2) is 5.78 Å². The Morgan fingerprint density at radius 2 is 1.67 bits per heavy atom. The highest BCUT2D eigenvalue weighted by molar-refractivity contribution is 6.30. The van der Waals surface area contributed by atoms with Crippen LogP contribution in [0.25, 0.3) is 0 Å². The number of nitrogens with one attached hydrogen (secondary N) is 1. The Morgan fingerprint density at radius 3 is 2.24 bits per heavy atom. The van der Waals surface area contributed by atoms with E-state index < -0.39 is 6.04 Å². The van der Waals surface area contributed by atoms with E-state index >= 15 is 0 Å². The van der Waals surface area contributed by atoms with Crippen LogP contribution in [0.3, 0.4) is 0 Å². The third kappa shape index (κ3) is 4.43. The van der Waals surface area contributed by atoms with Gasteiger partial charge < -0.3 is 5.32 Å². The number of amides is 1. The number of carbonyl (C=O) groups excluding carboxylic acids is 2. The van der Waals surface area contributed by atoms with Gasteiger partial charge in [-0.3, -0.25) is 9.59 Å². The fourth-order valence-electron chi connectivity index (χ4n) is 2.06. The van der Waals surface area contributed by atoms with Gasteiger partial charge in [-0.05, 0) is 30.2 Å². The Labute approximate surface area is 128 Å². The molecule has 0 aromatic heterocycles. The van der Waals surface area contributed by atoms with Gasteiger partial charge in [-0.2, -0.15) is 0 Å². The lowest BCUT2D eigenvalue weighted by Gasteiger charge is -2.16. The quantitative estimate of drug-likeness (QED) is 0.921. The van der Waals surface area contributed by atoms with E-state index in [1.165, 1.54) is 6.92 Å². The minimum absolute atomic E-state index is 0.0920. The molecule has 2 aromatic rings. The van der Waals surface area contributed by atoms with Gasteiger partial charge in [0.1, 0.15) is 6.04 Å². The average molecular weight is 302 g/mol. The summed E-state index contributed by atoms with van der Waals surface area (Å²) in [5.74, 6) is -0.285. The fourth-order valence-corrected chi connectivity index (χ4v) is 2.19. The minimum atomic E-state index is -0.606. The van der Waals surface area contributed by atoms with Gasteiger partial charge >= 0.3 is 0 Å². The summed E-state index contributed by atoms with van der Waals surface area (Å²) < 4.78 is 0. The molecule has 1 amide bonds. The van der Waals surface area contributed by atoms with Gasteiger partial charge in [-0.25, -0.2) is 0 Å². The summed E-state index contributed by atoms with van der Waals surface area (Å²) >= 11 is 5.81. The molecule has 4 heteroatoms. The van der Waals surface area contributed by atoms with E-state index in [0.29, 0.717) is 5.02 Å². The molecule has 0 fully saturated rings. The second-order valence-electron chi connectivity index (χ2n) is 4.83. The maximum absolute atomic E-state index is 12.1. The smallest absolute Gasteiger partial charge is 0.225 e. The molecule has 21 heavy (non-hydrogen) atoms. The summed E-state index contributed by atoms with van der Waals surface area (Å²) in [6, 6.07) is 15.7. The molecule has 1 unspecified atom stereocenters. The lowest BCUT2D eigenvalue weighted by molar-refractivity contribution is -0.126. The van der Waals surface area contributed by atoms with Crippen LogP contribution in [-0.2, 0) is 16.0 Å². The summed E-state index contributed by atoms with van der Waals surface area (Å²) in [6.45, 7) is 1.47. The van der Waals surface area contributed by atoms with Crippen molar-refractivity contribution in [1.82, 2.24) is 5.32 Å². The summed E-state index contributed by atoms with van der Waals surface area (Å²) in [5.41, 5.74) is 1.64. The van der Waals surface area contributed by atoms with Gasteiger partial charge in [0.25, 0.3) is 0 Å². The van der Waals surface area contributed by atoms with Crippen molar-refractivity contribution in [2.24, 2.45) is 0 Å². The van der Waals surface area contributed by atoms with Crippen molar-refractivity contribution >= 4 is 23.3 Å². The number of Topliss-reactive ketones (excluding diaryl/α,β-unsaturated/α-hetero) is 1. The molecule has 3 nitrogen and oxygen atoms in total. The number of ketones is 1. The van der Waals surface area contributed by atoms with Crippen LogP contribution in [0, 0.1) is 0 Å². The number of hydrogen-bond donors (Lipinski definition) is 1. The zero-order valence-corrected chi connectivity index (χ0v) is 12.4. The Hall–Kier alpha value is -2.13. The highest BCUT2D eigenvalue weighted by atomic mass is 35.5. The molecule has 0 aliphatic rings. The molecule has 0 saturated carbocycles. The summed E-state index contributed by atoms with van der Waals surface area (Å²) in [7, 11) is 0. The molecule has 0 bridgehead atoms. The fraction of sp³-hybridized carbons (Fsp3) is 0.176. The van der Waals surface area contributed by atoms with E-state index in [2.05, 4.69) is 5.32 Å². The predicted molar refractivity (Wildman–Crippen MR) is 83.2 cm³/mol. The van der Waals surface area contributed by atoms with E-state index in [0.717, 1.165) is 11.1 Å². The molecular formula is C17H16ClNO2. The van der Waals surface area contributed by atoms with Gasteiger partial charge in [0, 0.05) is 5.02 Å². The molecule has 1 N–H and O–H groups in total. The van der Waals surface area contributed by atoms with Crippen molar-refractivity contribution in [3.8, 4) is 0 Å². The monoisotopic (exact) mass is 301 g/mol. The maximum Gasteiger partial charge on any atom is 0.225 e. The van der Waals surface area contributed by atoms with Crippen molar-refractivity contribution in [2.45, 2.75) is 19.4 Å². The first-order valence-corrected chi connectivity index (χ1v) is 7.03. The molecule has 0 heterocycles. The van der Waals surface area contributed by atoms with Crippen LogP contribution in [0.2, 0.25) is 5.02 Å². The normalized spacial score (nSPS) is 11.7. The Kier molecular flexibility index (Phi) is 5.12. The van der Waals surface area contributed by atoms with Crippen LogP contribution in [0.1, 0.15) is 24.1 Å². The number of carbonyl (C=O) groups is 2. The molecule has 2 rings (SSSR count). The van der Waals surface area contributed by atoms with Gasteiger partial charge in [-0.1, -0.05) is 54.1 Å². The standard InChI is InChI=1S/C17H16ClNO2/c1-12(20)17(14-5-3-2-4-6-14)19-16(21)11-13-7-9-15(18)10-8-13/h2-10,17H,11H2,1H3,(H,19,21). The lowest BCUT2D eigenvalue weighted by atomic mass is 10.0. The highest BCUT2D eigenvalue weighted by Crippen LogP contribution is 2.14. The van der Waals surface area contributed by atoms with Crippen LogP contribution in [0.5, 0.6) is 0 Å². The van der Waals surface area contributed by atoms with Crippen LogP contribution in [0.15, 0.2) is 54.6 Å². The third-order valence-corrected chi connectivity index (χ3v) is 3.37. The molecule has 1 atom stereocenters. The summed E-state index contributed by atoms with van der Waals surface area (Å²) in [5, 5.41) is 3.40. The van der Waals surface area contributed by atoms with Crippen LogP contribution in [-0.4, -0.2) is 11.7 Å². The largest absolute Gasteiger partial charge is 0.342 e. The Bertz CT molecular complexity index is 623. The van der Waals surface area contributed by atoms with Crippen molar-refractivity contribution in [2.75, 3.05) is 0 Å². The first-order chi connectivity index (χ1) is 10.1. The molecule has 0 aliphatic carbocycles. The second kappa shape index (κ2) is 7.04. The predicted octanol–water partition coefficient (Wildman–Crippen LogP) is 3.33. The van der Waals surface area contributed by atoms with Gasteiger partial charge in [0.05, 0.1) is 6.42 Å². The molecule has 0 spiro atoms. The zero-order chi connectivity index (χ0) is 15.2. The van der Waals surface area contributed by atoms with Crippen LogP contribution in [0.4, 0.5) is 0 Å². The minimum Gasteiger partial charge on any atom is -0.342 e. The molecule has 2 aromatic carbocycles. The van der Waals surface area contributed by atoms with Gasteiger partial charge in [-0.15, -0.1) is 0 Å². The van der Waals surface area contributed by atoms with Gasteiger partial charge in [0.2, 0.25) is 5.91 Å². The van der Waals surface area contributed by atoms with E-state index in [1.54, 1.807) is 24.3 Å². The topological polar surface area (TPSA) is 46.2 Å². The van der Waals surface area contributed by atoms with Crippen LogP contribution < -0.4 is 5.32 Å². The molecule has 0 saturated heterocycles. The third-order valence-electron chi connectivity index (χ3n) is 3.12. The first kappa shape index (κ1) is 15.3. The second-order valence-corrected chi connectivity index (χ2v) is 5.26. The number of halogens is 1. The van der Waals surface area contributed by atoms with Crippen molar-refractivity contribution < 1.29 is 9.59 Å². The molecule has 0 radical (unpaired) electrons. The zero-order valence-electron chi connectivity index (χ0n) is 11.7. The number of rotatable bonds is 5. The van der Waals surface area contributed by atoms with E-state index in [1.807, 2.05) is 30.3 Å². The van der Waals surface area contributed by atoms with E-state index in [-0.39, 0.29) is 18.1 Å². The van der Waals surface area contributed by atoms with E-state index in [4.69, 9.17) is 11.6 Å². The number of hydrogen-bond acceptors (Lipinski definition) is 2. The average Bonchev–Trinajstić information content (AvgIpc) is 2.48. The molecular weight excluding hydrogens is 286 g/mol. The number of benzene rings is 2. The SMILES string of the molecule is CC(=O)C(NC(=O)Cc1ccc(Cl)cc1)c1ccccc1. The van der Waals surface area contributed by atoms with Crippen molar-refractivity contribution in [1.29, 1.82) is 0 Å².